The van der Waals surface area contributed by atoms with E-state index in [0.29, 0.717) is 0 Å². The number of carboxylic acid groups (broad SMARTS) is 2. The maximum Gasteiger partial charge on any atom is 0.322 e. The molecule has 0 aromatic carbocycles. The fourth-order valence-corrected chi connectivity index (χ4v) is 2.79. The first-order valence-corrected chi connectivity index (χ1v) is 8.79. The minimum atomic E-state index is -1.35. The van der Waals surface area contributed by atoms with Gasteiger partial charge in [0.1, 0.15) is 18.4 Å². The molecule has 0 rings (SSSR count). The average molecular weight is 364 g/mol. The van der Waals surface area contributed by atoms with Crippen molar-refractivity contribution < 1.29 is 33.6 Å². The minimum absolute atomic E-state index is 0.0646. The summed E-state index contributed by atoms with van der Waals surface area (Å²) in [6, 6.07) is -1.17. The topological polar surface area (TPSA) is 164 Å². The molecule has 0 saturated carbocycles. The zero-order valence-corrected chi connectivity index (χ0v) is 14.5. The molecule has 5 N–H and O–H groups in total. The van der Waals surface area contributed by atoms with Crippen LogP contribution in [0, 0.1) is 5.92 Å². The number of nitrogens with two attached hydrogens (primary N) is 1. The van der Waals surface area contributed by atoms with Crippen molar-refractivity contribution in [3.05, 3.63) is 0 Å². The lowest BCUT2D eigenvalue weighted by atomic mass is 9.99. The van der Waals surface area contributed by atoms with Crippen molar-refractivity contribution >= 4 is 34.4 Å². The van der Waals surface area contributed by atoms with E-state index in [1.807, 2.05) is 0 Å². The highest BCUT2D eigenvalue weighted by molar-refractivity contribution is 7.85. The maximum atomic E-state index is 12.0. The molecule has 0 aliphatic carbocycles. The van der Waals surface area contributed by atoms with Crippen LogP contribution in [0.1, 0.15) is 33.1 Å². The Kier molecular flexibility index (Phi) is 10.0. The number of hydrogen-bond donors (Lipinski definition) is 4. The standard InChI is InChI=1S/C14H24N2O7S/c1-8(2)24(23)7-9(13(20)16-6-12(18)19)5-10(17)3-4-11(15)14(21)22/h8-9,11H,3-7,15H2,1-2H3,(H,16,20)(H,18,19)(H,21,22)/t9-,11?,24?/m0/s1. The van der Waals surface area contributed by atoms with Crippen molar-refractivity contribution in [2.24, 2.45) is 11.7 Å². The molecule has 1 amide bonds. The largest absolute Gasteiger partial charge is 0.480 e. The van der Waals surface area contributed by atoms with E-state index in [1.54, 1.807) is 13.8 Å². The third-order valence-corrected chi connectivity index (χ3v) is 4.98. The molecule has 0 radical (unpaired) electrons. The van der Waals surface area contributed by atoms with Crippen LogP contribution in [0.4, 0.5) is 0 Å². The predicted molar refractivity (Wildman–Crippen MR) is 86.8 cm³/mol. The highest BCUT2D eigenvalue weighted by Gasteiger charge is 2.26. The van der Waals surface area contributed by atoms with Crippen LogP contribution in [0.3, 0.4) is 0 Å². The summed E-state index contributed by atoms with van der Waals surface area (Å²) < 4.78 is 11.9. The highest BCUT2D eigenvalue weighted by atomic mass is 32.2. The summed E-state index contributed by atoms with van der Waals surface area (Å²) in [5, 5.41) is 19.2. The molecule has 0 saturated heterocycles. The molecular weight excluding hydrogens is 340 g/mol. The van der Waals surface area contributed by atoms with Gasteiger partial charge in [-0.3, -0.25) is 23.4 Å². The number of amides is 1. The van der Waals surface area contributed by atoms with Gasteiger partial charge in [-0.15, -0.1) is 0 Å². The Balaban J connectivity index is 4.76. The number of carbonyl (C=O) groups is 4. The molecule has 10 heteroatoms. The summed E-state index contributed by atoms with van der Waals surface area (Å²) in [7, 11) is -1.35. The number of aliphatic carboxylic acids is 2. The number of carboxylic acids is 2. The van der Waals surface area contributed by atoms with Gasteiger partial charge < -0.3 is 21.3 Å². The second kappa shape index (κ2) is 10.9. The highest BCUT2D eigenvalue weighted by Crippen LogP contribution is 2.12. The second-order valence-electron chi connectivity index (χ2n) is 5.63. The molecule has 3 atom stereocenters. The molecule has 0 fully saturated rings. The van der Waals surface area contributed by atoms with E-state index in [1.165, 1.54) is 0 Å². The summed E-state index contributed by atoms with van der Waals surface area (Å²) in [5.74, 6) is -4.50. The van der Waals surface area contributed by atoms with Gasteiger partial charge in [0.2, 0.25) is 5.91 Å². The molecule has 2 unspecified atom stereocenters. The van der Waals surface area contributed by atoms with Gasteiger partial charge in [0.15, 0.2) is 0 Å². The third kappa shape index (κ3) is 9.36. The predicted octanol–water partition coefficient (Wildman–Crippen LogP) is -0.888. The number of hydrogen-bond acceptors (Lipinski definition) is 6. The molecule has 9 nitrogen and oxygen atoms in total. The summed E-state index contributed by atoms with van der Waals surface area (Å²) in [5.41, 5.74) is 5.31. The summed E-state index contributed by atoms with van der Waals surface area (Å²) in [6.07, 6.45) is -0.425. The van der Waals surface area contributed by atoms with E-state index in [9.17, 15) is 23.4 Å². The molecule has 0 heterocycles. The van der Waals surface area contributed by atoms with Crippen molar-refractivity contribution in [1.82, 2.24) is 5.32 Å². The van der Waals surface area contributed by atoms with Crippen LogP contribution < -0.4 is 11.1 Å². The average Bonchev–Trinajstić information content (AvgIpc) is 2.48. The van der Waals surface area contributed by atoms with Gasteiger partial charge in [0, 0.05) is 34.6 Å². The molecule has 24 heavy (non-hydrogen) atoms. The number of nitrogens with one attached hydrogen (secondary N) is 1. The Morgan fingerprint density at radius 1 is 1.17 bits per heavy atom. The van der Waals surface area contributed by atoms with Crippen LogP contribution in [0.5, 0.6) is 0 Å². The fraction of sp³-hybridized carbons (Fsp3) is 0.714. The Labute approximate surface area is 142 Å². The summed E-state index contributed by atoms with van der Waals surface area (Å²) >= 11 is 0. The normalized spacial score (nSPS) is 14.7. The Morgan fingerprint density at radius 3 is 2.21 bits per heavy atom. The number of Topliss-reactive ketones (excluding diaryl/α,β-unsaturated/α-hetero) is 1. The first kappa shape index (κ1) is 22.2. The Bertz CT molecular complexity index is 507. The van der Waals surface area contributed by atoms with Crippen molar-refractivity contribution in [1.29, 1.82) is 0 Å². The molecule has 0 aromatic heterocycles. The summed E-state index contributed by atoms with van der Waals surface area (Å²) in [6.45, 7) is 2.81. The number of carbonyl (C=O) groups excluding carboxylic acids is 2. The van der Waals surface area contributed by atoms with Crippen LogP contribution in [-0.4, -0.2) is 61.6 Å². The van der Waals surface area contributed by atoms with E-state index in [0.717, 1.165) is 0 Å². The van der Waals surface area contributed by atoms with Crippen LogP contribution in [0.15, 0.2) is 0 Å². The van der Waals surface area contributed by atoms with E-state index in [2.05, 4.69) is 5.32 Å². The monoisotopic (exact) mass is 364 g/mol. The van der Waals surface area contributed by atoms with Crippen molar-refractivity contribution in [3.8, 4) is 0 Å². The van der Waals surface area contributed by atoms with Crippen molar-refractivity contribution in [2.45, 2.75) is 44.4 Å². The van der Waals surface area contributed by atoms with Crippen molar-refractivity contribution in [2.75, 3.05) is 12.3 Å². The molecule has 138 valence electrons. The molecule has 0 bridgehead atoms. The molecular formula is C14H24N2O7S. The zero-order valence-electron chi connectivity index (χ0n) is 13.7. The number of ketones is 1. The molecule has 0 spiro atoms. The van der Waals surface area contributed by atoms with Gasteiger partial charge in [-0.25, -0.2) is 0 Å². The first-order chi connectivity index (χ1) is 11.0. The van der Waals surface area contributed by atoms with Crippen LogP contribution in [0.25, 0.3) is 0 Å². The second-order valence-corrected chi connectivity index (χ2v) is 7.67. The Hall–Kier alpha value is -1.81. The zero-order chi connectivity index (χ0) is 18.9. The first-order valence-electron chi connectivity index (χ1n) is 7.41. The maximum absolute atomic E-state index is 12.0. The summed E-state index contributed by atoms with van der Waals surface area (Å²) in [4.78, 5) is 45.1. The lowest BCUT2D eigenvalue weighted by molar-refractivity contribution is -0.139. The minimum Gasteiger partial charge on any atom is -0.480 e. The third-order valence-electron chi connectivity index (χ3n) is 3.20. The van der Waals surface area contributed by atoms with E-state index in [-0.39, 0.29) is 36.0 Å². The number of rotatable bonds is 12. The van der Waals surface area contributed by atoms with E-state index in [4.69, 9.17) is 15.9 Å². The van der Waals surface area contributed by atoms with Gasteiger partial charge in [-0.05, 0) is 6.42 Å². The smallest absolute Gasteiger partial charge is 0.322 e. The van der Waals surface area contributed by atoms with Gasteiger partial charge in [-0.2, -0.15) is 0 Å². The van der Waals surface area contributed by atoms with E-state index < -0.39 is 47.1 Å². The molecule has 0 aromatic rings. The Morgan fingerprint density at radius 2 is 1.75 bits per heavy atom. The lowest BCUT2D eigenvalue weighted by Crippen LogP contribution is -2.38. The van der Waals surface area contributed by atoms with Crippen LogP contribution >= 0.6 is 0 Å². The van der Waals surface area contributed by atoms with Gasteiger partial charge in [-0.1, -0.05) is 13.8 Å². The lowest BCUT2D eigenvalue weighted by Gasteiger charge is -2.17. The van der Waals surface area contributed by atoms with Gasteiger partial charge in [0.25, 0.3) is 0 Å². The molecule has 0 aliphatic rings. The van der Waals surface area contributed by atoms with Crippen LogP contribution in [-0.2, 0) is 30.0 Å². The quantitative estimate of drug-likeness (QED) is 0.346. The van der Waals surface area contributed by atoms with Crippen LogP contribution in [0.2, 0.25) is 0 Å². The molecule has 0 aliphatic heterocycles. The van der Waals surface area contributed by atoms with Gasteiger partial charge >= 0.3 is 11.9 Å². The van der Waals surface area contributed by atoms with E-state index >= 15 is 0 Å². The fourth-order valence-electron chi connectivity index (χ4n) is 1.74. The SMILES string of the molecule is CC(C)S(=O)C[C@H](CC(=O)CCC(N)C(=O)O)C(=O)NCC(=O)O. The van der Waals surface area contributed by atoms with Crippen molar-refractivity contribution in [3.63, 3.8) is 0 Å². The van der Waals surface area contributed by atoms with Gasteiger partial charge in [0.05, 0.1) is 5.92 Å².